The quantitative estimate of drug-likeness (QED) is 0.533. The zero-order valence-corrected chi connectivity index (χ0v) is 16.1. The molecule has 8 heteroatoms. The van der Waals surface area contributed by atoms with Crippen LogP contribution in [0.3, 0.4) is 0 Å². The van der Waals surface area contributed by atoms with E-state index in [-0.39, 0.29) is 17.9 Å². The van der Waals surface area contributed by atoms with Crippen molar-refractivity contribution in [1.82, 2.24) is 20.2 Å². The third-order valence-corrected chi connectivity index (χ3v) is 5.35. The Morgan fingerprint density at radius 3 is 2.79 bits per heavy atom. The van der Waals surface area contributed by atoms with Gasteiger partial charge in [0.2, 0.25) is 5.95 Å². The molecule has 5 nitrogen and oxygen atoms in total. The van der Waals surface area contributed by atoms with Gasteiger partial charge in [0.15, 0.2) is 0 Å². The van der Waals surface area contributed by atoms with Crippen molar-refractivity contribution in [3.63, 3.8) is 0 Å². The van der Waals surface area contributed by atoms with Crippen molar-refractivity contribution >= 4 is 44.5 Å². The number of halogens is 3. The van der Waals surface area contributed by atoms with Crippen LogP contribution < -0.4 is 5.32 Å². The molecule has 122 valence electrons. The van der Waals surface area contributed by atoms with Gasteiger partial charge >= 0.3 is 0 Å². The van der Waals surface area contributed by atoms with Gasteiger partial charge in [0, 0.05) is 13.6 Å². The number of fused-ring (bicyclic) bond motifs is 1. The van der Waals surface area contributed by atoms with Gasteiger partial charge in [-0.15, -0.1) is 0 Å². The summed E-state index contributed by atoms with van der Waals surface area (Å²) >= 11 is 5.69. The molecule has 3 aromatic rings. The Labute approximate surface area is 159 Å². The van der Waals surface area contributed by atoms with E-state index >= 15 is 0 Å². The van der Waals surface area contributed by atoms with E-state index < -0.39 is 0 Å². The molecule has 0 aliphatic carbocycles. The summed E-state index contributed by atoms with van der Waals surface area (Å²) < 4.78 is 18.1. The molecule has 2 heterocycles. The first-order valence-electron chi connectivity index (χ1n) is 7.36. The van der Waals surface area contributed by atoms with Gasteiger partial charge in [-0.1, -0.05) is 33.2 Å². The lowest BCUT2D eigenvalue weighted by Crippen LogP contribution is -2.28. The number of nitrogens with zero attached hydrogens (tertiary/aromatic N) is 4. The van der Waals surface area contributed by atoms with Crippen LogP contribution in [-0.4, -0.2) is 20.2 Å². The first-order chi connectivity index (χ1) is 11.6. The molecule has 1 aromatic heterocycles. The van der Waals surface area contributed by atoms with Crippen LogP contribution in [0.5, 0.6) is 0 Å². The molecule has 0 saturated heterocycles. The maximum Gasteiger partial charge on any atom is 0.243 e. The van der Waals surface area contributed by atoms with Crippen molar-refractivity contribution < 1.29 is 4.39 Å². The average Bonchev–Trinajstić information content (AvgIpc) is 3.05. The Hall–Kier alpha value is -1.55. The topological polar surface area (TPSA) is 55.6 Å². The van der Waals surface area contributed by atoms with Crippen LogP contribution in [-0.2, 0) is 0 Å². The second-order valence-corrected chi connectivity index (χ2v) is 7.77. The Kier molecular flexibility index (Phi) is 4.25. The van der Waals surface area contributed by atoms with E-state index in [2.05, 4.69) is 83.6 Å². The van der Waals surface area contributed by atoms with Gasteiger partial charge in [0.05, 0.1) is 12.1 Å². The summed E-state index contributed by atoms with van der Waals surface area (Å²) in [6.07, 6.45) is 0.659. The Morgan fingerprint density at radius 2 is 2.00 bits per heavy atom. The van der Waals surface area contributed by atoms with Gasteiger partial charge in [-0.2, -0.15) is 0 Å². The maximum absolute atomic E-state index is 14.4. The summed E-state index contributed by atoms with van der Waals surface area (Å²) in [5.41, 5.74) is 1.71. The molecule has 0 saturated carbocycles. The van der Waals surface area contributed by atoms with Crippen LogP contribution in [0.25, 0.3) is 0 Å². The second-order valence-electron chi connectivity index (χ2n) is 5.61. The van der Waals surface area contributed by atoms with Crippen LogP contribution in [0.4, 0.5) is 10.3 Å². The molecule has 2 atom stereocenters. The normalized spacial score (nSPS) is 19.6. The zero-order valence-electron chi connectivity index (χ0n) is 12.3. The van der Waals surface area contributed by atoms with Crippen molar-refractivity contribution in [3.05, 3.63) is 67.5 Å². The maximum atomic E-state index is 14.4. The minimum absolute atomic E-state index is 0.0175. The van der Waals surface area contributed by atoms with Gasteiger partial charge < -0.3 is 5.32 Å². The monoisotopic (exact) mass is 499 g/mol. The van der Waals surface area contributed by atoms with E-state index in [1.807, 2.05) is 0 Å². The fourth-order valence-electron chi connectivity index (χ4n) is 2.98. The van der Waals surface area contributed by atoms with Crippen LogP contribution in [0.15, 0.2) is 46.9 Å². The lowest BCUT2D eigenvalue weighted by atomic mass is 9.93. The van der Waals surface area contributed by atoms with E-state index in [0.29, 0.717) is 17.9 Å². The molecule has 0 radical (unpaired) electrons. The summed E-state index contributed by atoms with van der Waals surface area (Å²) in [6.45, 7) is 0. The van der Waals surface area contributed by atoms with Gasteiger partial charge in [-0.25, -0.2) is 9.07 Å². The first kappa shape index (κ1) is 15.9. The molecule has 0 spiro atoms. The lowest BCUT2D eigenvalue weighted by molar-refractivity contribution is 0.409. The summed E-state index contributed by atoms with van der Waals surface area (Å²) in [7, 11) is 0. The van der Waals surface area contributed by atoms with Crippen molar-refractivity contribution in [3.8, 4) is 0 Å². The summed E-state index contributed by atoms with van der Waals surface area (Å²) in [6, 6.07) is 13.0. The van der Waals surface area contributed by atoms with Crippen molar-refractivity contribution in [2.45, 2.75) is 18.5 Å². The number of nitrogens with one attached hydrogen (secondary N) is 1. The van der Waals surface area contributed by atoms with Gasteiger partial charge in [0.1, 0.15) is 5.82 Å². The Bertz CT molecular complexity index is 882. The van der Waals surface area contributed by atoms with Crippen LogP contribution in [0.1, 0.15) is 29.6 Å². The number of benzene rings is 2. The molecule has 0 bridgehead atoms. The van der Waals surface area contributed by atoms with Crippen LogP contribution in [0, 0.1) is 9.39 Å². The minimum atomic E-state index is -0.266. The predicted octanol–water partition coefficient (Wildman–Crippen LogP) is 4.33. The smallest absolute Gasteiger partial charge is 0.243 e. The molecular weight excluding hydrogens is 488 g/mol. The number of hydrogen-bond acceptors (Lipinski definition) is 4. The van der Waals surface area contributed by atoms with E-state index in [0.717, 1.165) is 10.0 Å². The third-order valence-electron chi connectivity index (χ3n) is 4.14. The summed E-state index contributed by atoms with van der Waals surface area (Å²) in [5.74, 6) is 0.294. The fourth-order valence-corrected chi connectivity index (χ4v) is 3.72. The van der Waals surface area contributed by atoms with Crippen molar-refractivity contribution in [2.75, 3.05) is 5.32 Å². The molecule has 4 rings (SSSR count). The molecule has 1 aliphatic rings. The Balaban J connectivity index is 1.76. The molecule has 24 heavy (non-hydrogen) atoms. The van der Waals surface area contributed by atoms with E-state index in [1.165, 1.54) is 9.64 Å². The largest absolute Gasteiger partial charge is 0.346 e. The van der Waals surface area contributed by atoms with Crippen LogP contribution in [0.2, 0.25) is 0 Å². The standard InChI is InChI=1S/C16H12BrFIN5/c17-10-3-6-13(18)12(7-10)15-8-14(9-1-4-11(19)5-2-9)20-16-21-22-23-24(15)16/h1-7,14-15H,8H2,(H,20,21,23)/t14-,15+/m0/s1. The van der Waals surface area contributed by atoms with E-state index in [4.69, 9.17) is 0 Å². The number of hydrogen-bond donors (Lipinski definition) is 1. The highest BCUT2D eigenvalue weighted by molar-refractivity contribution is 14.1. The van der Waals surface area contributed by atoms with Gasteiger partial charge in [-0.05, 0) is 75.3 Å². The Morgan fingerprint density at radius 1 is 1.21 bits per heavy atom. The van der Waals surface area contributed by atoms with E-state index in [1.54, 1.807) is 16.8 Å². The molecule has 0 unspecified atom stereocenters. The predicted molar refractivity (Wildman–Crippen MR) is 100 cm³/mol. The third kappa shape index (κ3) is 2.92. The minimum Gasteiger partial charge on any atom is -0.346 e. The van der Waals surface area contributed by atoms with Crippen molar-refractivity contribution in [2.24, 2.45) is 0 Å². The molecule has 1 aliphatic heterocycles. The van der Waals surface area contributed by atoms with Gasteiger partial charge in [0.25, 0.3) is 0 Å². The number of tetrazole rings is 1. The van der Waals surface area contributed by atoms with Crippen molar-refractivity contribution in [1.29, 1.82) is 0 Å². The summed E-state index contributed by atoms with van der Waals surface area (Å²) in [5, 5.41) is 15.1. The zero-order chi connectivity index (χ0) is 16.7. The van der Waals surface area contributed by atoms with E-state index in [9.17, 15) is 4.39 Å². The molecule has 0 fully saturated rings. The molecule has 1 N–H and O–H groups in total. The second kappa shape index (κ2) is 6.40. The highest BCUT2D eigenvalue weighted by atomic mass is 127. The average molecular weight is 500 g/mol. The molecule has 0 amide bonds. The lowest BCUT2D eigenvalue weighted by Gasteiger charge is -2.31. The first-order valence-corrected chi connectivity index (χ1v) is 9.24. The highest BCUT2D eigenvalue weighted by Gasteiger charge is 2.32. The highest BCUT2D eigenvalue weighted by Crippen LogP contribution is 2.38. The van der Waals surface area contributed by atoms with Crippen LogP contribution >= 0.6 is 38.5 Å². The number of aromatic nitrogens is 4. The molecular formula is C16H12BrFIN5. The number of rotatable bonds is 2. The fraction of sp³-hybridized carbons (Fsp3) is 0.188. The molecule has 2 aromatic carbocycles. The van der Waals surface area contributed by atoms with Gasteiger partial charge in [-0.3, -0.25) is 0 Å². The SMILES string of the molecule is Fc1ccc(Br)cc1[C@H]1C[C@@H](c2ccc(I)cc2)Nc2nnnn21. The number of anilines is 1. The summed E-state index contributed by atoms with van der Waals surface area (Å²) in [4.78, 5) is 0.